The Balaban J connectivity index is 2.36. The molecule has 7 heteroatoms. The molecule has 0 heterocycles. The summed E-state index contributed by atoms with van der Waals surface area (Å²) in [6.07, 6.45) is 2.63. The van der Waals surface area contributed by atoms with Crippen molar-refractivity contribution in [2.75, 3.05) is 13.2 Å². The number of nitro benzene ring substituents is 1. The first-order valence-corrected chi connectivity index (χ1v) is 7.65. The number of carbonyl (C=O) groups excluding carboxylic acids is 2. The van der Waals surface area contributed by atoms with Gasteiger partial charge in [0.2, 0.25) is 0 Å². The lowest BCUT2D eigenvalue weighted by Crippen LogP contribution is -2.25. The Bertz CT molecular complexity index is 572. The van der Waals surface area contributed by atoms with Crippen LogP contribution < -0.4 is 5.32 Å². The van der Waals surface area contributed by atoms with Gasteiger partial charge in [-0.2, -0.15) is 0 Å². The number of nitro groups is 1. The molecule has 1 rings (SSSR count). The highest BCUT2D eigenvalue weighted by molar-refractivity contribution is 5.96. The molecule has 1 aromatic carbocycles. The standard InChI is InChI=1S/C16H22N2O5/c1-3-23-15(19)10-5-4-6-11-17-16(20)13-8-7-9-14(12(13)2)18(21)22/h7-9H,3-6,10-11H2,1-2H3,(H,17,20). The van der Waals surface area contributed by atoms with Crippen LogP contribution in [0.4, 0.5) is 5.69 Å². The van der Waals surface area contributed by atoms with Crippen LogP contribution in [0, 0.1) is 17.0 Å². The van der Waals surface area contributed by atoms with Crippen LogP contribution in [0.1, 0.15) is 48.5 Å². The van der Waals surface area contributed by atoms with Crippen molar-refractivity contribution in [1.82, 2.24) is 5.32 Å². The van der Waals surface area contributed by atoms with E-state index in [-0.39, 0.29) is 17.6 Å². The van der Waals surface area contributed by atoms with Crippen molar-refractivity contribution in [2.45, 2.75) is 39.5 Å². The van der Waals surface area contributed by atoms with Gasteiger partial charge in [-0.3, -0.25) is 19.7 Å². The summed E-state index contributed by atoms with van der Waals surface area (Å²) in [5.41, 5.74) is 0.607. The first-order chi connectivity index (χ1) is 11.0. The van der Waals surface area contributed by atoms with E-state index in [1.807, 2.05) is 0 Å². The number of amides is 1. The van der Waals surface area contributed by atoms with Gasteiger partial charge in [-0.05, 0) is 32.8 Å². The zero-order valence-corrected chi connectivity index (χ0v) is 13.5. The highest BCUT2D eigenvalue weighted by Crippen LogP contribution is 2.20. The van der Waals surface area contributed by atoms with Crippen LogP contribution in [-0.4, -0.2) is 30.0 Å². The van der Waals surface area contributed by atoms with E-state index in [1.54, 1.807) is 19.9 Å². The lowest BCUT2D eigenvalue weighted by Gasteiger charge is -2.08. The van der Waals surface area contributed by atoms with Crippen LogP contribution in [0.2, 0.25) is 0 Å². The molecule has 0 aliphatic heterocycles. The minimum Gasteiger partial charge on any atom is -0.466 e. The second kappa shape index (κ2) is 9.55. The number of carbonyl (C=O) groups is 2. The zero-order chi connectivity index (χ0) is 17.2. The fourth-order valence-electron chi connectivity index (χ4n) is 2.17. The third-order valence-electron chi connectivity index (χ3n) is 3.40. The Morgan fingerprint density at radius 3 is 2.65 bits per heavy atom. The number of unbranched alkanes of at least 4 members (excludes halogenated alkanes) is 2. The Morgan fingerprint density at radius 1 is 1.26 bits per heavy atom. The Morgan fingerprint density at radius 2 is 2.00 bits per heavy atom. The number of benzene rings is 1. The van der Waals surface area contributed by atoms with Crippen LogP contribution in [0.25, 0.3) is 0 Å². The first-order valence-electron chi connectivity index (χ1n) is 7.65. The van der Waals surface area contributed by atoms with E-state index >= 15 is 0 Å². The van der Waals surface area contributed by atoms with Gasteiger partial charge in [0.25, 0.3) is 11.6 Å². The summed E-state index contributed by atoms with van der Waals surface area (Å²) in [5.74, 6) is -0.527. The lowest BCUT2D eigenvalue weighted by molar-refractivity contribution is -0.385. The number of esters is 1. The average molecular weight is 322 g/mol. The molecular weight excluding hydrogens is 300 g/mol. The summed E-state index contributed by atoms with van der Waals surface area (Å²) in [5, 5.41) is 13.6. The van der Waals surface area contributed by atoms with E-state index in [4.69, 9.17) is 4.74 Å². The van der Waals surface area contributed by atoms with E-state index in [2.05, 4.69) is 5.32 Å². The summed E-state index contributed by atoms with van der Waals surface area (Å²) in [6, 6.07) is 4.44. The van der Waals surface area contributed by atoms with Gasteiger partial charge in [0.05, 0.1) is 11.5 Å². The molecule has 0 aliphatic carbocycles. The quantitative estimate of drug-likeness (QED) is 0.326. The van der Waals surface area contributed by atoms with Crippen LogP contribution in [0.3, 0.4) is 0 Å². The SMILES string of the molecule is CCOC(=O)CCCCCNC(=O)c1cccc([N+](=O)[O-])c1C. The fraction of sp³-hybridized carbons (Fsp3) is 0.500. The number of hydrogen-bond donors (Lipinski definition) is 1. The van der Waals surface area contributed by atoms with Gasteiger partial charge in [0.1, 0.15) is 0 Å². The normalized spacial score (nSPS) is 10.2. The van der Waals surface area contributed by atoms with Gasteiger partial charge >= 0.3 is 5.97 Å². The number of nitrogens with one attached hydrogen (secondary N) is 1. The molecule has 7 nitrogen and oxygen atoms in total. The van der Waals surface area contributed by atoms with Gasteiger partial charge in [0, 0.05) is 30.2 Å². The molecule has 0 radical (unpaired) electrons. The smallest absolute Gasteiger partial charge is 0.305 e. The van der Waals surface area contributed by atoms with Crippen LogP contribution in [-0.2, 0) is 9.53 Å². The van der Waals surface area contributed by atoms with Gasteiger partial charge in [-0.25, -0.2) is 0 Å². The maximum atomic E-state index is 12.1. The molecule has 0 spiro atoms. The molecule has 0 atom stereocenters. The maximum absolute atomic E-state index is 12.1. The largest absolute Gasteiger partial charge is 0.466 e. The van der Waals surface area contributed by atoms with Crippen LogP contribution >= 0.6 is 0 Å². The molecule has 126 valence electrons. The van der Waals surface area contributed by atoms with E-state index in [0.29, 0.717) is 37.1 Å². The Hall–Kier alpha value is -2.44. The summed E-state index contributed by atoms with van der Waals surface area (Å²) < 4.78 is 4.82. The molecule has 1 N–H and O–H groups in total. The molecular formula is C16H22N2O5. The Labute approximate surface area is 135 Å². The van der Waals surface area contributed by atoms with Gasteiger partial charge in [-0.1, -0.05) is 12.5 Å². The fourth-order valence-corrected chi connectivity index (χ4v) is 2.17. The molecule has 0 saturated carbocycles. The maximum Gasteiger partial charge on any atom is 0.305 e. The number of ether oxygens (including phenoxy) is 1. The molecule has 0 saturated heterocycles. The van der Waals surface area contributed by atoms with Gasteiger partial charge < -0.3 is 10.1 Å². The van der Waals surface area contributed by atoms with Gasteiger partial charge in [0.15, 0.2) is 0 Å². The third-order valence-corrected chi connectivity index (χ3v) is 3.40. The molecule has 0 unspecified atom stereocenters. The molecule has 0 bridgehead atoms. The predicted octanol–water partition coefficient (Wildman–Crippen LogP) is 2.76. The molecule has 0 aromatic heterocycles. The minimum absolute atomic E-state index is 0.0629. The van der Waals surface area contributed by atoms with Gasteiger partial charge in [-0.15, -0.1) is 0 Å². The summed E-state index contributed by atoms with van der Waals surface area (Å²) >= 11 is 0. The van der Waals surface area contributed by atoms with Crippen molar-refractivity contribution in [3.63, 3.8) is 0 Å². The van der Waals surface area contributed by atoms with Crippen molar-refractivity contribution < 1.29 is 19.2 Å². The summed E-state index contributed by atoms with van der Waals surface area (Å²) in [4.78, 5) is 33.6. The van der Waals surface area contributed by atoms with Crippen molar-refractivity contribution in [2.24, 2.45) is 0 Å². The van der Waals surface area contributed by atoms with Crippen molar-refractivity contribution in [3.8, 4) is 0 Å². The second-order valence-electron chi connectivity index (χ2n) is 5.08. The topological polar surface area (TPSA) is 98.5 Å². The second-order valence-corrected chi connectivity index (χ2v) is 5.08. The minimum atomic E-state index is -0.499. The van der Waals surface area contributed by atoms with Crippen LogP contribution in [0.5, 0.6) is 0 Å². The van der Waals surface area contributed by atoms with Crippen molar-refractivity contribution in [3.05, 3.63) is 39.4 Å². The number of hydrogen-bond acceptors (Lipinski definition) is 5. The van der Waals surface area contributed by atoms with Crippen molar-refractivity contribution >= 4 is 17.6 Å². The number of rotatable bonds is 9. The third kappa shape index (κ3) is 6.06. The average Bonchev–Trinajstić information content (AvgIpc) is 2.50. The molecule has 1 aromatic rings. The lowest BCUT2D eigenvalue weighted by atomic mass is 10.1. The van der Waals surface area contributed by atoms with E-state index in [9.17, 15) is 19.7 Å². The highest BCUT2D eigenvalue weighted by atomic mass is 16.6. The highest BCUT2D eigenvalue weighted by Gasteiger charge is 2.17. The molecule has 0 fully saturated rings. The predicted molar refractivity (Wildman–Crippen MR) is 85.3 cm³/mol. The Kier molecular flexibility index (Phi) is 7.73. The molecule has 0 aliphatic rings. The van der Waals surface area contributed by atoms with E-state index in [0.717, 1.165) is 12.8 Å². The summed E-state index contributed by atoms with van der Waals surface area (Å²) in [6.45, 7) is 4.18. The van der Waals surface area contributed by atoms with Crippen LogP contribution in [0.15, 0.2) is 18.2 Å². The monoisotopic (exact) mass is 322 g/mol. The van der Waals surface area contributed by atoms with E-state index < -0.39 is 4.92 Å². The first kappa shape index (κ1) is 18.6. The summed E-state index contributed by atoms with van der Waals surface area (Å²) in [7, 11) is 0. The van der Waals surface area contributed by atoms with E-state index in [1.165, 1.54) is 12.1 Å². The van der Waals surface area contributed by atoms with Crippen molar-refractivity contribution in [1.29, 1.82) is 0 Å². The zero-order valence-electron chi connectivity index (χ0n) is 13.5. The molecule has 1 amide bonds. The molecule has 23 heavy (non-hydrogen) atoms. The number of nitrogens with zero attached hydrogens (tertiary/aromatic N) is 1.